The molecule has 0 aromatic heterocycles. The molecule has 0 saturated heterocycles. The van der Waals surface area contributed by atoms with E-state index in [-0.39, 0.29) is 17.5 Å². The third-order valence-electron chi connectivity index (χ3n) is 16.7. The molecule has 0 aliphatic heterocycles. The molecule has 0 radical (unpaired) electrons. The Morgan fingerprint density at radius 2 is 1.27 bits per heavy atom. The molecule has 62 heavy (non-hydrogen) atoms. The lowest BCUT2D eigenvalue weighted by Gasteiger charge is -2.49. The van der Waals surface area contributed by atoms with Gasteiger partial charge in [0.1, 0.15) is 0 Å². The van der Waals surface area contributed by atoms with Gasteiger partial charge >= 0.3 is 13.0 Å². The van der Waals surface area contributed by atoms with E-state index in [0.29, 0.717) is 45.7 Å². The minimum Gasteiger partial charge on any atom is -0.505 e. The summed E-state index contributed by atoms with van der Waals surface area (Å²) in [5.74, 6) is 3.64. The van der Waals surface area contributed by atoms with Crippen LogP contribution in [-0.4, -0.2) is 66.2 Å². The molecule has 6 aliphatic carbocycles. The fraction of sp³-hybridized carbons (Fsp3) is 0.800. The van der Waals surface area contributed by atoms with Gasteiger partial charge in [-0.2, -0.15) is 4.79 Å². The average molecular weight is 915 g/mol. The number of terminal acetylenes is 1. The van der Waals surface area contributed by atoms with Crippen LogP contribution < -0.4 is 0 Å². The molecular formula is C50H87N2O7PSi2. The van der Waals surface area contributed by atoms with Crippen molar-refractivity contribution in [3.05, 3.63) is 41.2 Å². The van der Waals surface area contributed by atoms with Crippen LogP contribution in [0.25, 0.3) is 5.53 Å². The highest BCUT2D eigenvalue weighted by atomic mass is 31.2. The number of methoxy groups -OCH3 is 1. The van der Waals surface area contributed by atoms with E-state index in [1.807, 2.05) is 6.26 Å². The van der Waals surface area contributed by atoms with Gasteiger partial charge < -0.3 is 28.2 Å². The van der Waals surface area contributed by atoms with Gasteiger partial charge in [0.15, 0.2) is 16.6 Å². The predicted octanol–water partition coefficient (Wildman–Crippen LogP) is 14.1. The van der Waals surface area contributed by atoms with Crippen LogP contribution in [0.5, 0.6) is 0 Å². The summed E-state index contributed by atoms with van der Waals surface area (Å²) in [5, 5.41) is 0.575. The van der Waals surface area contributed by atoms with Crippen molar-refractivity contribution in [2.45, 2.75) is 202 Å². The van der Waals surface area contributed by atoms with Crippen molar-refractivity contribution in [3.8, 4) is 12.3 Å². The standard InChI is InChI=1S/C22H38O2Si.C22H36OSi.C5H9N2O4P.CH4/c1-20(2,3)25(6,7)24-18-9-8-12-21(4)17(18)10-11-19(21)22(13-14-22)15-16-23-5;1-8-13-22(15-16-22)19-12-11-17-18(10-9-14-21(17,19)5)23-24(6,7)20(2,3)4;1-4(8)5(7-6)12(9,10-2)11-3;/h11,15-18H,8-10,12-14H2,1-7H3;1,12,17-18H,9-11,13-16H2,2-7H3;1-3H3;1H4/t2*17?,18-,21-;;/m00../s1. The number of carbonyl (C=O) groups is 1. The Balaban J connectivity index is 0.000000261. The Morgan fingerprint density at radius 1 is 0.839 bits per heavy atom. The summed E-state index contributed by atoms with van der Waals surface area (Å²) >= 11 is 0. The largest absolute Gasteiger partial charge is 0.505 e. The van der Waals surface area contributed by atoms with Gasteiger partial charge in [-0.1, -0.05) is 99.0 Å². The highest BCUT2D eigenvalue weighted by Crippen LogP contribution is 2.68. The van der Waals surface area contributed by atoms with Crippen molar-refractivity contribution in [2.75, 3.05) is 21.3 Å². The number of ether oxygens (including phenoxy) is 1. The Bertz CT molecular complexity index is 1830. The van der Waals surface area contributed by atoms with Crippen LogP contribution >= 0.6 is 7.60 Å². The normalized spacial score (nSPS) is 29.7. The Hall–Kier alpha value is -1.87. The van der Waals surface area contributed by atoms with E-state index in [2.05, 4.69) is 120 Å². The minimum absolute atomic E-state index is 0. The molecule has 0 aromatic rings. The summed E-state index contributed by atoms with van der Waals surface area (Å²) < 4.78 is 39.3. The maximum absolute atomic E-state index is 11.4. The lowest BCUT2D eigenvalue weighted by Crippen LogP contribution is -2.49. The zero-order chi connectivity index (χ0) is 46.1. The van der Waals surface area contributed by atoms with Crippen molar-refractivity contribution >= 4 is 35.5 Å². The summed E-state index contributed by atoms with van der Waals surface area (Å²) in [4.78, 5) is 13.3. The van der Waals surface area contributed by atoms with E-state index in [4.69, 9.17) is 25.5 Å². The van der Waals surface area contributed by atoms with Crippen molar-refractivity contribution in [1.29, 1.82) is 0 Å². The molecule has 6 rings (SSSR count). The van der Waals surface area contributed by atoms with Gasteiger partial charge in [0, 0.05) is 50.6 Å². The first-order valence-corrected chi connectivity index (χ1v) is 30.4. The van der Waals surface area contributed by atoms with E-state index in [0.717, 1.165) is 27.6 Å². The third kappa shape index (κ3) is 11.0. The van der Waals surface area contributed by atoms with Crippen LogP contribution in [0.15, 0.2) is 35.6 Å². The summed E-state index contributed by atoms with van der Waals surface area (Å²) in [6.45, 7) is 29.9. The van der Waals surface area contributed by atoms with Crippen LogP contribution in [0.2, 0.25) is 36.3 Å². The molecule has 0 bridgehead atoms. The molecule has 0 heterocycles. The van der Waals surface area contributed by atoms with Gasteiger partial charge in [0.2, 0.25) is 5.78 Å². The smallest absolute Gasteiger partial charge is 0.446 e. The van der Waals surface area contributed by atoms with E-state index >= 15 is 0 Å². The van der Waals surface area contributed by atoms with Crippen molar-refractivity contribution < 1.29 is 36.8 Å². The summed E-state index contributed by atoms with van der Waals surface area (Å²) in [6.07, 6.45) is 32.2. The number of fused-ring (bicyclic) bond motifs is 2. The van der Waals surface area contributed by atoms with Crippen LogP contribution in [-0.2, 0) is 32.0 Å². The predicted molar refractivity (Wildman–Crippen MR) is 261 cm³/mol. The van der Waals surface area contributed by atoms with Gasteiger partial charge in [-0.25, -0.2) is 4.57 Å². The lowest BCUT2D eigenvalue weighted by molar-refractivity contribution is -0.114. The molecular weight excluding hydrogens is 828 g/mol. The second-order valence-corrected chi connectivity index (χ2v) is 34.2. The number of carbonyl (C=O) groups excluding carboxylic acids is 1. The molecule has 352 valence electrons. The maximum atomic E-state index is 11.4. The van der Waals surface area contributed by atoms with Crippen LogP contribution in [0.1, 0.15) is 153 Å². The molecule has 2 unspecified atom stereocenters. The minimum atomic E-state index is -3.70. The summed E-state index contributed by atoms with van der Waals surface area (Å²) in [5.41, 5.74) is 12.4. The number of allylic oxidation sites excluding steroid dienone is 5. The fourth-order valence-corrected chi connectivity index (χ4v) is 14.5. The van der Waals surface area contributed by atoms with Gasteiger partial charge in [0.05, 0.1) is 13.4 Å². The second kappa shape index (κ2) is 19.9. The number of ketones is 1. The fourth-order valence-electron chi connectivity index (χ4n) is 10.7. The first-order chi connectivity index (χ1) is 28.1. The van der Waals surface area contributed by atoms with Crippen molar-refractivity contribution in [3.63, 3.8) is 0 Å². The Kier molecular flexibility index (Phi) is 17.5. The zero-order valence-corrected chi connectivity index (χ0v) is 44.0. The first-order valence-electron chi connectivity index (χ1n) is 23.0. The summed E-state index contributed by atoms with van der Waals surface area (Å²) in [6, 6.07) is 0. The number of hydrogen-bond donors (Lipinski definition) is 0. The molecule has 0 amide bonds. The van der Waals surface area contributed by atoms with Gasteiger partial charge in [-0.05, 0) is 129 Å². The van der Waals surface area contributed by atoms with E-state index < -0.39 is 35.5 Å². The van der Waals surface area contributed by atoms with Crippen molar-refractivity contribution in [2.24, 2.45) is 33.5 Å². The topological polar surface area (TPSA) is 117 Å². The van der Waals surface area contributed by atoms with E-state index in [9.17, 15) is 9.36 Å². The average Bonchev–Trinajstić information content (AvgIpc) is 4.05. The van der Waals surface area contributed by atoms with Crippen molar-refractivity contribution in [1.82, 2.24) is 0 Å². The highest BCUT2D eigenvalue weighted by molar-refractivity contribution is 7.74. The third-order valence-corrected chi connectivity index (χ3v) is 27.5. The second-order valence-electron chi connectivity index (χ2n) is 22.6. The number of rotatable bonds is 13. The lowest BCUT2D eigenvalue weighted by atomic mass is 9.62. The maximum Gasteiger partial charge on any atom is 0.446 e. The van der Waals surface area contributed by atoms with Crippen LogP contribution in [0, 0.1) is 45.8 Å². The quantitative estimate of drug-likeness (QED) is 0.0264. The van der Waals surface area contributed by atoms with Gasteiger partial charge in [-0.15, -0.1) is 12.3 Å². The monoisotopic (exact) mass is 915 g/mol. The SMILES string of the molecule is C.C#CCC1(C2=CCC3[C@@H](O[Si](C)(C)C(C)(C)C)CCC[C@]23C)CC1.COC=CC1(C2=CCC3[C@@H](O[Si](C)(C)C(C)(C)C)CCC[C@]23C)CC1.COP(=O)(OC)C(=[N+]=[N-])C(C)=O. The molecule has 6 aliphatic rings. The molecule has 6 atom stereocenters. The Morgan fingerprint density at radius 3 is 1.60 bits per heavy atom. The molecule has 0 aromatic carbocycles. The van der Waals surface area contributed by atoms with E-state index in [1.54, 1.807) is 18.3 Å². The number of Topliss-reactive ketones (excluding diaryl/α,β-unsaturated/α-hetero) is 1. The van der Waals surface area contributed by atoms with Gasteiger partial charge in [-0.3, -0.25) is 4.79 Å². The molecule has 0 spiro atoms. The zero-order valence-electron chi connectivity index (χ0n) is 41.1. The number of hydrogen-bond acceptors (Lipinski definition) is 7. The molecule has 4 fully saturated rings. The highest BCUT2D eigenvalue weighted by Gasteiger charge is 2.60. The molecule has 4 saturated carbocycles. The first kappa shape index (κ1) is 54.5. The van der Waals surface area contributed by atoms with E-state index in [1.165, 1.54) is 77.0 Å². The number of nitrogens with zero attached hydrogens (tertiary/aromatic N) is 2. The molecule has 12 heteroatoms. The van der Waals surface area contributed by atoms with Crippen LogP contribution in [0.3, 0.4) is 0 Å². The molecule has 9 nitrogen and oxygen atoms in total. The van der Waals surface area contributed by atoms with Gasteiger partial charge in [0.25, 0.3) is 0 Å². The molecule has 0 N–H and O–H groups in total. The Labute approximate surface area is 380 Å². The summed E-state index contributed by atoms with van der Waals surface area (Å²) in [7, 11) is -3.18. The van der Waals surface area contributed by atoms with Crippen LogP contribution in [0.4, 0.5) is 0 Å².